The van der Waals surface area contributed by atoms with E-state index in [2.05, 4.69) is 37.1 Å². The standard InChI is InChI=1S/C23H17BrClN3O4S/c1-2-13-32-22-12-5-18(24)14-17(22)15-26-27-23(29)16-3-8-20(9-4-16)28-33(30,31)21-10-6-19(25)7-11-21/h1,3-12,14-15,28H,13H2,(H,27,29)/b26-15-. The molecule has 0 heterocycles. The molecule has 3 aromatic rings. The Kier molecular flexibility index (Phi) is 8.11. The van der Waals surface area contributed by atoms with Gasteiger partial charge in [-0.05, 0) is 66.7 Å². The maximum atomic E-state index is 12.4. The number of hydrogen-bond donors (Lipinski definition) is 2. The van der Waals surface area contributed by atoms with Gasteiger partial charge in [0.15, 0.2) is 0 Å². The number of carbonyl (C=O) groups excluding carboxylic acids is 1. The van der Waals surface area contributed by atoms with Gasteiger partial charge in [0.2, 0.25) is 0 Å². The van der Waals surface area contributed by atoms with Gasteiger partial charge in [0.25, 0.3) is 15.9 Å². The van der Waals surface area contributed by atoms with Crippen LogP contribution in [0.3, 0.4) is 0 Å². The Morgan fingerprint density at radius 2 is 1.82 bits per heavy atom. The predicted octanol–water partition coefficient (Wildman–Crippen LogP) is 4.68. The average Bonchev–Trinajstić information content (AvgIpc) is 2.79. The maximum Gasteiger partial charge on any atom is 0.271 e. The van der Waals surface area contributed by atoms with Gasteiger partial charge in [0.05, 0.1) is 11.1 Å². The molecule has 0 fully saturated rings. The molecule has 3 rings (SSSR count). The molecule has 0 spiro atoms. The summed E-state index contributed by atoms with van der Waals surface area (Å²) < 4.78 is 33.6. The average molecular weight is 547 g/mol. The van der Waals surface area contributed by atoms with Gasteiger partial charge < -0.3 is 4.74 Å². The van der Waals surface area contributed by atoms with Crippen molar-refractivity contribution in [3.05, 3.63) is 87.4 Å². The Bertz CT molecular complexity index is 1320. The third kappa shape index (κ3) is 6.83. The van der Waals surface area contributed by atoms with Crippen molar-refractivity contribution < 1.29 is 17.9 Å². The van der Waals surface area contributed by atoms with Gasteiger partial charge in [-0.3, -0.25) is 9.52 Å². The first-order valence-corrected chi connectivity index (χ1v) is 12.0. The smallest absolute Gasteiger partial charge is 0.271 e. The van der Waals surface area contributed by atoms with Crippen LogP contribution in [-0.2, 0) is 10.0 Å². The Morgan fingerprint density at radius 3 is 2.48 bits per heavy atom. The van der Waals surface area contributed by atoms with E-state index in [1.165, 1.54) is 54.7 Å². The van der Waals surface area contributed by atoms with Crippen LogP contribution in [0, 0.1) is 12.3 Å². The van der Waals surface area contributed by atoms with E-state index < -0.39 is 15.9 Å². The van der Waals surface area contributed by atoms with Gasteiger partial charge in [-0.2, -0.15) is 5.10 Å². The second kappa shape index (κ2) is 11.0. The lowest BCUT2D eigenvalue weighted by atomic mass is 10.2. The topological polar surface area (TPSA) is 96.9 Å². The first kappa shape index (κ1) is 24.3. The second-order valence-corrected chi connectivity index (χ2v) is 9.55. The molecule has 0 bridgehead atoms. The summed E-state index contributed by atoms with van der Waals surface area (Å²) in [6.45, 7) is 0.100. The van der Waals surface area contributed by atoms with Crippen molar-refractivity contribution in [1.29, 1.82) is 0 Å². The summed E-state index contributed by atoms with van der Waals surface area (Å²) in [5.41, 5.74) is 3.63. The number of ether oxygens (including phenoxy) is 1. The molecule has 33 heavy (non-hydrogen) atoms. The lowest BCUT2D eigenvalue weighted by Crippen LogP contribution is -2.18. The highest BCUT2D eigenvalue weighted by Gasteiger charge is 2.14. The van der Waals surface area contributed by atoms with E-state index >= 15 is 0 Å². The number of terminal acetylenes is 1. The molecular weight excluding hydrogens is 530 g/mol. The summed E-state index contributed by atoms with van der Waals surface area (Å²) in [6.07, 6.45) is 6.66. The number of nitrogens with zero attached hydrogens (tertiary/aromatic N) is 1. The molecule has 0 aliphatic rings. The molecule has 1 amide bonds. The number of rotatable bonds is 8. The number of hydrogen-bond acceptors (Lipinski definition) is 5. The summed E-state index contributed by atoms with van der Waals surface area (Å²) in [7, 11) is -3.78. The van der Waals surface area contributed by atoms with E-state index in [-0.39, 0.29) is 11.5 Å². The van der Waals surface area contributed by atoms with Gasteiger partial charge in [-0.1, -0.05) is 33.5 Å². The number of halogens is 2. The van der Waals surface area contributed by atoms with Crippen molar-refractivity contribution in [1.82, 2.24) is 5.43 Å². The molecule has 0 atom stereocenters. The number of carbonyl (C=O) groups is 1. The van der Waals surface area contributed by atoms with E-state index in [1.54, 1.807) is 18.2 Å². The molecule has 0 aromatic heterocycles. The van der Waals surface area contributed by atoms with Crippen LogP contribution in [0.4, 0.5) is 5.69 Å². The number of nitrogens with one attached hydrogen (secondary N) is 2. The van der Waals surface area contributed by atoms with Gasteiger partial charge in [0.1, 0.15) is 12.4 Å². The molecule has 0 aliphatic carbocycles. The van der Waals surface area contributed by atoms with Crippen molar-refractivity contribution >= 4 is 55.4 Å². The third-order valence-corrected chi connectivity index (χ3v) is 6.32. The summed E-state index contributed by atoms with van der Waals surface area (Å²) in [5.74, 6) is 2.43. The predicted molar refractivity (Wildman–Crippen MR) is 132 cm³/mol. The second-order valence-electron chi connectivity index (χ2n) is 6.51. The lowest BCUT2D eigenvalue weighted by molar-refractivity contribution is 0.0955. The summed E-state index contributed by atoms with van der Waals surface area (Å²) in [5, 5.41) is 4.39. The lowest BCUT2D eigenvalue weighted by Gasteiger charge is -2.09. The summed E-state index contributed by atoms with van der Waals surface area (Å²) in [6, 6.07) is 17.0. The number of benzene rings is 3. The van der Waals surface area contributed by atoms with Crippen molar-refractivity contribution in [2.24, 2.45) is 5.10 Å². The Hall–Kier alpha value is -3.32. The number of hydrazone groups is 1. The van der Waals surface area contributed by atoms with E-state index in [0.717, 1.165) is 4.47 Å². The highest BCUT2D eigenvalue weighted by Crippen LogP contribution is 2.22. The van der Waals surface area contributed by atoms with Crippen LogP contribution in [0.5, 0.6) is 5.75 Å². The fraction of sp³-hybridized carbons (Fsp3) is 0.0435. The highest BCUT2D eigenvalue weighted by atomic mass is 79.9. The molecule has 2 N–H and O–H groups in total. The Labute approximate surface area is 205 Å². The van der Waals surface area contributed by atoms with E-state index in [9.17, 15) is 13.2 Å². The van der Waals surface area contributed by atoms with Crippen molar-refractivity contribution in [2.75, 3.05) is 11.3 Å². The molecule has 168 valence electrons. The third-order valence-electron chi connectivity index (χ3n) is 4.18. The first-order chi connectivity index (χ1) is 15.8. The molecule has 7 nitrogen and oxygen atoms in total. The van der Waals surface area contributed by atoms with Crippen LogP contribution >= 0.6 is 27.5 Å². The fourth-order valence-corrected chi connectivity index (χ4v) is 4.18. The zero-order valence-electron chi connectivity index (χ0n) is 17.0. The molecule has 10 heteroatoms. The molecule has 0 radical (unpaired) electrons. The molecule has 0 saturated carbocycles. The first-order valence-electron chi connectivity index (χ1n) is 9.36. The largest absolute Gasteiger partial charge is 0.480 e. The SMILES string of the molecule is C#CCOc1ccc(Br)cc1/C=N\NC(=O)c1ccc(NS(=O)(=O)c2ccc(Cl)cc2)cc1. The van der Waals surface area contributed by atoms with Crippen LogP contribution < -0.4 is 14.9 Å². The van der Waals surface area contributed by atoms with Crippen molar-refractivity contribution in [2.45, 2.75) is 4.90 Å². The maximum absolute atomic E-state index is 12.4. The van der Waals surface area contributed by atoms with Crippen molar-refractivity contribution in [3.8, 4) is 18.1 Å². The normalized spacial score (nSPS) is 11.1. The molecule has 0 aliphatic heterocycles. The van der Waals surface area contributed by atoms with Gasteiger partial charge in [-0.25, -0.2) is 13.8 Å². The zero-order chi connectivity index (χ0) is 23.8. The van der Waals surface area contributed by atoms with E-state index in [1.807, 2.05) is 0 Å². The summed E-state index contributed by atoms with van der Waals surface area (Å²) in [4.78, 5) is 12.4. The van der Waals surface area contributed by atoms with Crippen LogP contribution in [-0.4, -0.2) is 27.1 Å². The number of anilines is 1. The minimum atomic E-state index is -3.78. The van der Waals surface area contributed by atoms with Crippen LogP contribution in [0.15, 0.2) is 81.2 Å². The van der Waals surface area contributed by atoms with E-state index in [4.69, 9.17) is 22.8 Å². The highest BCUT2D eigenvalue weighted by molar-refractivity contribution is 9.10. The Balaban J connectivity index is 1.65. The summed E-state index contributed by atoms with van der Waals surface area (Å²) >= 11 is 9.16. The number of sulfonamides is 1. The monoisotopic (exact) mass is 545 g/mol. The molecule has 0 unspecified atom stereocenters. The fourth-order valence-electron chi connectivity index (χ4n) is 2.61. The van der Waals surface area contributed by atoms with Crippen LogP contribution in [0.1, 0.15) is 15.9 Å². The van der Waals surface area contributed by atoms with Crippen LogP contribution in [0.25, 0.3) is 0 Å². The van der Waals surface area contributed by atoms with E-state index in [0.29, 0.717) is 27.6 Å². The minimum absolute atomic E-state index is 0.0706. The quantitative estimate of drug-likeness (QED) is 0.244. The molecule has 3 aromatic carbocycles. The molecule has 0 saturated heterocycles. The number of amides is 1. The van der Waals surface area contributed by atoms with Gasteiger partial charge >= 0.3 is 0 Å². The molecular formula is C23H17BrClN3O4S. The van der Waals surface area contributed by atoms with Crippen LogP contribution in [0.2, 0.25) is 5.02 Å². The van der Waals surface area contributed by atoms with Gasteiger partial charge in [-0.15, -0.1) is 6.42 Å². The van der Waals surface area contributed by atoms with Gasteiger partial charge in [0, 0.05) is 26.3 Å². The Morgan fingerprint density at radius 1 is 1.12 bits per heavy atom. The van der Waals surface area contributed by atoms with Crippen molar-refractivity contribution in [3.63, 3.8) is 0 Å². The minimum Gasteiger partial charge on any atom is -0.480 e. The zero-order valence-corrected chi connectivity index (χ0v) is 20.1.